The third-order valence-corrected chi connectivity index (χ3v) is 4.46. The Morgan fingerprint density at radius 2 is 2.06 bits per heavy atom. The molecule has 0 amide bonds. The highest BCUT2D eigenvalue weighted by Gasteiger charge is 2.49. The maximum absolute atomic E-state index is 12.0. The number of rotatable bonds is 1. The van der Waals surface area contributed by atoms with E-state index in [0.717, 1.165) is 18.2 Å². The number of nitrogens with zero attached hydrogens (tertiary/aromatic N) is 1. The van der Waals surface area contributed by atoms with Crippen LogP contribution in [0.1, 0.15) is 19.8 Å². The van der Waals surface area contributed by atoms with Crippen molar-refractivity contribution in [1.29, 1.82) is 0 Å². The largest absolute Gasteiger partial charge is 0.292 e. The molecular formula is C11H15NO3S. The van der Waals surface area contributed by atoms with E-state index in [0.29, 0.717) is 13.0 Å². The monoisotopic (exact) mass is 241 g/mol. The van der Waals surface area contributed by atoms with E-state index in [2.05, 4.69) is 0 Å². The fraction of sp³-hybridized carbons (Fsp3) is 0.545. The van der Waals surface area contributed by atoms with E-state index in [4.69, 9.17) is 0 Å². The Bertz CT molecular complexity index is 489. The number of ketones is 1. The predicted molar refractivity (Wildman–Crippen MR) is 61.4 cm³/mol. The first kappa shape index (κ1) is 11.5. The van der Waals surface area contributed by atoms with E-state index < -0.39 is 15.6 Å². The molecule has 1 fully saturated rings. The molecule has 1 saturated heterocycles. The fourth-order valence-corrected chi connectivity index (χ4v) is 3.80. The molecule has 2 aliphatic rings. The molecule has 0 saturated carbocycles. The van der Waals surface area contributed by atoms with Gasteiger partial charge in [0.15, 0.2) is 5.78 Å². The SMILES string of the molecule is CC1=CC2(CCCN2S(C)(=O)=O)C(=O)C=C1. The molecule has 1 spiro atoms. The summed E-state index contributed by atoms with van der Waals surface area (Å²) in [5.41, 5.74) is 0.00188. The first-order valence-electron chi connectivity index (χ1n) is 5.26. The van der Waals surface area contributed by atoms with Gasteiger partial charge in [0.05, 0.1) is 6.26 Å². The van der Waals surface area contributed by atoms with Crippen molar-refractivity contribution in [3.63, 3.8) is 0 Å². The minimum Gasteiger partial charge on any atom is -0.292 e. The molecule has 5 heteroatoms. The van der Waals surface area contributed by atoms with E-state index >= 15 is 0 Å². The van der Waals surface area contributed by atoms with Gasteiger partial charge in [0.1, 0.15) is 5.54 Å². The van der Waals surface area contributed by atoms with Crippen LogP contribution in [-0.4, -0.2) is 36.8 Å². The third-order valence-electron chi connectivity index (χ3n) is 3.16. The summed E-state index contributed by atoms with van der Waals surface area (Å²) in [6, 6.07) is 0. The molecule has 1 aliphatic carbocycles. The van der Waals surface area contributed by atoms with Crippen molar-refractivity contribution in [2.45, 2.75) is 25.3 Å². The quantitative estimate of drug-likeness (QED) is 0.684. The Morgan fingerprint density at radius 3 is 2.69 bits per heavy atom. The molecule has 88 valence electrons. The minimum absolute atomic E-state index is 0.124. The van der Waals surface area contributed by atoms with Crippen LogP contribution in [0.5, 0.6) is 0 Å². The van der Waals surface area contributed by atoms with E-state index in [1.165, 1.54) is 10.4 Å². The lowest BCUT2D eigenvalue weighted by Crippen LogP contribution is -2.51. The van der Waals surface area contributed by atoms with E-state index in [1.54, 1.807) is 12.2 Å². The maximum Gasteiger partial charge on any atom is 0.212 e. The molecule has 0 N–H and O–H groups in total. The molecular weight excluding hydrogens is 226 g/mol. The number of hydrogen-bond acceptors (Lipinski definition) is 3. The molecule has 16 heavy (non-hydrogen) atoms. The van der Waals surface area contributed by atoms with Crippen molar-refractivity contribution in [2.75, 3.05) is 12.8 Å². The lowest BCUT2D eigenvalue weighted by atomic mass is 9.86. The second kappa shape index (κ2) is 3.53. The Morgan fingerprint density at radius 1 is 1.38 bits per heavy atom. The molecule has 1 heterocycles. The fourth-order valence-electron chi connectivity index (χ4n) is 2.52. The predicted octanol–water partition coefficient (Wildman–Crippen LogP) is 0.866. The van der Waals surface area contributed by atoms with Crippen LogP contribution in [0, 0.1) is 0 Å². The van der Waals surface area contributed by atoms with E-state index in [-0.39, 0.29) is 5.78 Å². The summed E-state index contributed by atoms with van der Waals surface area (Å²) in [5.74, 6) is -0.124. The summed E-state index contributed by atoms with van der Waals surface area (Å²) >= 11 is 0. The Balaban J connectivity index is 2.52. The van der Waals surface area contributed by atoms with Crippen LogP contribution in [0.25, 0.3) is 0 Å². The van der Waals surface area contributed by atoms with Gasteiger partial charge >= 0.3 is 0 Å². The van der Waals surface area contributed by atoms with Crippen LogP contribution >= 0.6 is 0 Å². The lowest BCUT2D eigenvalue weighted by Gasteiger charge is -2.34. The summed E-state index contributed by atoms with van der Waals surface area (Å²) in [4.78, 5) is 12.0. The van der Waals surface area contributed by atoms with Gasteiger partial charge in [-0.25, -0.2) is 8.42 Å². The van der Waals surface area contributed by atoms with Crippen LogP contribution < -0.4 is 0 Å². The summed E-state index contributed by atoms with van der Waals surface area (Å²) in [6.45, 7) is 2.31. The normalized spacial score (nSPS) is 31.1. The van der Waals surface area contributed by atoms with Gasteiger partial charge in [0.25, 0.3) is 0 Å². The van der Waals surface area contributed by atoms with Gasteiger partial charge in [-0.1, -0.05) is 17.7 Å². The van der Waals surface area contributed by atoms with Crippen molar-refractivity contribution < 1.29 is 13.2 Å². The summed E-state index contributed by atoms with van der Waals surface area (Å²) in [7, 11) is -3.33. The standard InChI is InChI=1S/C11H15NO3S/c1-9-4-5-10(13)11(8-9)6-3-7-12(11)16(2,14)15/h4-5,8H,3,6-7H2,1-2H3. The maximum atomic E-state index is 12.0. The number of sulfonamides is 1. The van der Waals surface area contributed by atoms with Crippen molar-refractivity contribution in [1.82, 2.24) is 4.31 Å². The molecule has 0 aromatic carbocycles. The molecule has 0 aromatic heterocycles. The van der Waals surface area contributed by atoms with Crippen molar-refractivity contribution in [3.05, 3.63) is 23.8 Å². The molecule has 1 unspecified atom stereocenters. The average molecular weight is 241 g/mol. The number of allylic oxidation sites excluding steroid dienone is 2. The highest BCUT2D eigenvalue weighted by molar-refractivity contribution is 7.88. The van der Waals surface area contributed by atoms with Gasteiger partial charge in [-0.05, 0) is 25.8 Å². The van der Waals surface area contributed by atoms with Crippen molar-refractivity contribution in [2.24, 2.45) is 0 Å². The van der Waals surface area contributed by atoms with Gasteiger partial charge < -0.3 is 0 Å². The first-order chi connectivity index (χ1) is 7.36. The van der Waals surface area contributed by atoms with Crippen LogP contribution in [0.4, 0.5) is 0 Å². The topological polar surface area (TPSA) is 54.5 Å². The highest BCUT2D eigenvalue weighted by atomic mass is 32.2. The smallest absolute Gasteiger partial charge is 0.212 e. The molecule has 1 atom stereocenters. The van der Waals surface area contributed by atoms with Crippen molar-refractivity contribution in [3.8, 4) is 0 Å². The second-order valence-corrected chi connectivity index (χ2v) is 6.36. The molecule has 1 aliphatic heterocycles. The molecule has 0 radical (unpaired) electrons. The van der Waals surface area contributed by atoms with Crippen LogP contribution in [0.15, 0.2) is 23.8 Å². The number of carbonyl (C=O) groups excluding carboxylic acids is 1. The van der Waals surface area contributed by atoms with Crippen LogP contribution in [0.2, 0.25) is 0 Å². The third kappa shape index (κ3) is 1.64. The van der Waals surface area contributed by atoms with Gasteiger partial charge in [-0.15, -0.1) is 0 Å². The average Bonchev–Trinajstić information content (AvgIpc) is 2.56. The Labute approximate surface area is 95.7 Å². The Kier molecular flexibility index (Phi) is 2.55. The molecule has 0 bridgehead atoms. The van der Waals surface area contributed by atoms with Gasteiger partial charge in [-0.3, -0.25) is 4.79 Å². The van der Waals surface area contributed by atoms with Crippen LogP contribution in [0.3, 0.4) is 0 Å². The minimum atomic E-state index is -3.33. The Hall–Kier alpha value is -0.940. The summed E-state index contributed by atoms with van der Waals surface area (Å²) in [5, 5.41) is 0. The van der Waals surface area contributed by atoms with Gasteiger partial charge in [0, 0.05) is 6.54 Å². The molecule has 2 rings (SSSR count). The van der Waals surface area contributed by atoms with E-state index in [9.17, 15) is 13.2 Å². The second-order valence-electron chi connectivity index (χ2n) is 4.45. The highest BCUT2D eigenvalue weighted by Crippen LogP contribution is 2.37. The van der Waals surface area contributed by atoms with Gasteiger partial charge in [0.2, 0.25) is 10.0 Å². The zero-order valence-electron chi connectivity index (χ0n) is 9.43. The lowest BCUT2D eigenvalue weighted by molar-refractivity contribution is -0.120. The zero-order chi connectivity index (χ0) is 12.0. The number of carbonyl (C=O) groups is 1. The molecule has 0 aromatic rings. The molecule has 4 nitrogen and oxygen atoms in total. The van der Waals surface area contributed by atoms with Crippen molar-refractivity contribution >= 4 is 15.8 Å². The summed E-state index contributed by atoms with van der Waals surface area (Å²) in [6.07, 6.45) is 7.47. The van der Waals surface area contributed by atoms with Crippen LogP contribution in [-0.2, 0) is 14.8 Å². The first-order valence-corrected chi connectivity index (χ1v) is 7.11. The zero-order valence-corrected chi connectivity index (χ0v) is 10.3. The van der Waals surface area contributed by atoms with Gasteiger partial charge in [-0.2, -0.15) is 4.31 Å². The summed E-state index contributed by atoms with van der Waals surface area (Å²) < 4.78 is 24.7. The number of hydrogen-bond donors (Lipinski definition) is 0. The van der Waals surface area contributed by atoms with E-state index in [1.807, 2.05) is 6.92 Å².